The van der Waals surface area contributed by atoms with E-state index in [1.165, 1.54) is 17.7 Å². The molecule has 0 amide bonds. The van der Waals surface area contributed by atoms with Gasteiger partial charge in [-0.15, -0.1) is 0 Å². The first-order valence-corrected chi connectivity index (χ1v) is 11.6. The number of ether oxygens (including phenoxy) is 1. The fourth-order valence-corrected chi connectivity index (χ4v) is 4.10. The van der Waals surface area contributed by atoms with E-state index in [0.29, 0.717) is 22.4 Å². The van der Waals surface area contributed by atoms with E-state index >= 15 is 0 Å². The van der Waals surface area contributed by atoms with Crippen LogP contribution in [-0.2, 0) is 0 Å². The van der Waals surface area contributed by atoms with Crippen molar-refractivity contribution in [1.29, 1.82) is 5.26 Å². The molecule has 3 aromatic rings. The number of aliphatic hydroxyl groups excluding tert-OH is 1. The average Bonchev–Trinajstić information content (AvgIpc) is 2.88. The summed E-state index contributed by atoms with van der Waals surface area (Å²) in [5.41, 5.74) is 2.93. The third-order valence-electron chi connectivity index (χ3n) is 5.74. The van der Waals surface area contributed by atoms with Gasteiger partial charge in [0.1, 0.15) is 18.2 Å². The zero-order valence-corrected chi connectivity index (χ0v) is 20.0. The predicted molar refractivity (Wildman–Crippen MR) is 134 cm³/mol. The van der Waals surface area contributed by atoms with E-state index in [4.69, 9.17) is 26.7 Å². The standard InChI is InChI=1S/C21H24ClN3O2.C6H5F/c1-16(18-4-2-17(15-23)3-5-18)24-8-10-25(11-9-24)21-7-6-19(14-20(21)22)27-13-12-26;7-6-4-2-1-3-5-6/h2-7,14,16,26H,8-13H2,1H3;1-5H. The summed E-state index contributed by atoms with van der Waals surface area (Å²) in [7, 11) is 0. The lowest BCUT2D eigenvalue weighted by Gasteiger charge is -2.39. The van der Waals surface area contributed by atoms with E-state index in [1.54, 1.807) is 24.3 Å². The molecule has 34 heavy (non-hydrogen) atoms. The first kappa shape index (κ1) is 25.5. The Morgan fingerprint density at radius 2 is 1.71 bits per heavy atom. The Labute approximate surface area is 205 Å². The largest absolute Gasteiger partial charge is 0.491 e. The summed E-state index contributed by atoms with van der Waals surface area (Å²) in [4.78, 5) is 4.74. The van der Waals surface area contributed by atoms with Gasteiger partial charge >= 0.3 is 0 Å². The maximum absolute atomic E-state index is 11.9. The lowest BCUT2D eigenvalue weighted by molar-refractivity contribution is 0.198. The molecule has 1 atom stereocenters. The van der Waals surface area contributed by atoms with Crippen LogP contribution in [0, 0.1) is 17.1 Å². The van der Waals surface area contributed by atoms with Crippen LogP contribution < -0.4 is 9.64 Å². The van der Waals surface area contributed by atoms with Crippen molar-refractivity contribution >= 4 is 17.3 Å². The Kier molecular flexibility index (Phi) is 9.72. The molecule has 178 valence electrons. The second-order valence-electron chi connectivity index (χ2n) is 7.91. The molecular formula is C27H29ClFN3O2. The van der Waals surface area contributed by atoms with Crippen molar-refractivity contribution in [3.63, 3.8) is 0 Å². The number of rotatable bonds is 6. The van der Waals surface area contributed by atoms with Crippen LogP contribution in [0.25, 0.3) is 0 Å². The minimum atomic E-state index is -0.178. The van der Waals surface area contributed by atoms with Crippen LogP contribution in [0.5, 0.6) is 5.75 Å². The number of nitriles is 1. The van der Waals surface area contributed by atoms with Crippen molar-refractivity contribution in [2.75, 3.05) is 44.3 Å². The number of hydrogen-bond donors (Lipinski definition) is 1. The second-order valence-corrected chi connectivity index (χ2v) is 8.32. The molecule has 1 aliphatic rings. The molecule has 0 spiro atoms. The quantitative estimate of drug-likeness (QED) is 0.518. The average molecular weight is 482 g/mol. The van der Waals surface area contributed by atoms with E-state index in [2.05, 4.69) is 22.8 Å². The maximum atomic E-state index is 11.9. The Morgan fingerprint density at radius 3 is 2.24 bits per heavy atom. The molecule has 7 heteroatoms. The highest BCUT2D eigenvalue weighted by Crippen LogP contribution is 2.31. The lowest BCUT2D eigenvalue weighted by Crippen LogP contribution is -2.47. The van der Waals surface area contributed by atoms with Gasteiger partial charge in [0.2, 0.25) is 0 Å². The molecular weight excluding hydrogens is 453 g/mol. The highest BCUT2D eigenvalue weighted by molar-refractivity contribution is 6.33. The summed E-state index contributed by atoms with van der Waals surface area (Å²) >= 11 is 6.44. The van der Waals surface area contributed by atoms with Crippen molar-refractivity contribution in [1.82, 2.24) is 4.90 Å². The second kappa shape index (κ2) is 13.0. The molecule has 0 saturated carbocycles. The fraction of sp³-hybridized carbons (Fsp3) is 0.296. The summed E-state index contributed by atoms with van der Waals surface area (Å²) in [5.74, 6) is 0.494. The Balaban J connectivity index is 0.000000396. The van der Waals surface area contributed by atoms with Crippen molar-refractivity contribution in [2.24, 2.45) is 0 Å². The Hall–Kier alpha value is -3.11. The minimum absolute atomic E-state index is 0.0151. The van der Waals surface area contributed by atoms with Gasteiger partial charge in [-0.2, -0.15) is 5.26 Å². The molecule has 0 aliphatic carbocycles. The first-order chi connectivity index (χ1) is 16.5. The maximum Gasteiger partial charge on any atom is 0.123 e. The van der Waals surface area contributed by atoms with Gasteiger partial charge in [0.05, 0.1) is 28.9 Å². The van der Waals surface area contributed by atoms with Crippen LogP contribution in [0.3, 0.4) is 0 Å². The predicted octanol–water partition coefficient (Wildman–Crippen LogP) is 5.29. The molecule has 4 rings (SSSR count). The molecule has 3 aromatic carbocycles. The van der Waals surface area contributed by atoms with Crippen LogP contribution in [0.4, 0.5) is 10.1 Å². The van der Waals surface area contributed by atoms with E-state index in [-0.39, 0.29) is 19.0 Å². The number of aliphatic hydroxyl groups is 1. The van der Waals surface area contributed by atoms with Gasteiger partial charge in [0, 0.05) is 38.3 Å². The van der Waals surface area contributed by atoms with Crippen LogP contribution in [0.1, 0.15) is 24.1 Å². The van der Waals surface area contributed by atoms with Crippen LogP contribution in [-0.4, -0.2) is 49.4 Å². The number of nitrogens with zero attached hydrogens (tertiary/aromatic N) is 3. The summed E-state index contributed by atoms with van der Waals surface area (Å²) < 4.78 is 17.3. The van der Waals surface area contributed by atoms with Gasteiger partial charge < -0.3 is 14.7 Å². The summed E-state index contributed by atoms with van der Waals surface area (Å²) in [6.07, 6.45) is 0. The molecule has 1 N–H and O–H groups in total. The highest BCUT2D eigenvalue weighted by Gasteiger charge is 2.23. The molecule has 0 radical (unpaired) electrons. The van der Waals surface area contributed by atoms with Crippen molar-refractivity contribution in [3.05, 3.63) is 94.8 Å². The topological polar surface area (TPSA) is 59.7 Å². The van der Waals surface area contributed by atoms with Gasteiger partial charge in [-0.1, -0.05) is 41.9 Å². The number of piperazine rings is 1. The number of hydrogen-bond acceptors (Lipinski definition) is 5. The van der Waals surface area contributed by atoms with E-state index in [1.807, 2.05) is 36.4 Å². The van der Waals surface area contributed by atoms with E-state index in [0.717, 1.165) is 31.9 Å². The number of benzene rings is 3. The molecule has 0 aromatic heterocycles. The number of anilines is 1. The SMILES string of the molecule is CC(c1ccc(C#N)cc1)N1CCN(c2ccc(OCCO)cc2Cl)CC1.Fc1ccccc1. The van der Waals surface area contributed by atoms with Crippen LogP contribution >= 0.6 is 11.6 Å². The lowest BCUT2D eigenvalue weighted by atomic mass is 10.0. The number of halogens is 2. The highest BCUT2D eigenvalue weighted by atomic mass is 35.5. The van der Waals surface area contributed by atoms with E-state index < -0.39 is 0 Å². The molecule has 1 unspecified atom stereocenters. The molecule has 1 fully saturated rings. The third kappa shape index (κ3) is 7.19. The van der Waals surface area contributed by atoms with E-state index in [9.17, 15) is 4.39 Å². The normalized spacial score (nSPS) is 14.5. The van der Waals surface area contributed by atoms with Crippen LogP contribution in [0.15, 0.2) is 72.8 Å². The van der Waals surface area contributed by atoms with Crippen molar-refractivity contribution in [3.8, 4) is 11.8 Å². The summed E-state index contributed by atoms with van der Waals surface area (Å²) in [6, 6.07) is 23.9. The smallest absolute Gasteiger partial charge is 0.123 e. The van der Waals surface area contributed by atoms with Crippen molar-refractivity contribution < 1.29 is 14.2 Å². The van der Waals surface area contributed by atoms with Gasteiger partial charge in [-0.3, -0.25) is 4.90 Å². The molecule has 1 saturated heterocycles. The molecule has 1 aliphatic heterocycles. The minimum Gasteiger partial charge on any atom is -0.491 e. The van der Waals surface area contributed by atoms with Gasteiger partial charge in [-0.05, 0) is 48.9 Å². The Bertz CT molecular complexity index is 1070. The first-order valence-electron chi connectivity index (χ1n) is 11.2. The zero-order chi connectivity index (χ0) is 24.3. The fourth-order valence-electron chi connectivity index (χ4n) is 3.81. The van der Waals surface area contributed by atoms with Crippen LogP contribution in [0.2, 0.25) is 5.02 Å². The van der Waals surface area contributed by atoms with Gasteiger partial charge in [0.15, 0.2) is 0 Å². The van der Waals surface area contributed by atoms with Gasteiger partial charge in [-0.25, -0.2) is 4.39 Å². The zero-order valence-electron chi connectivity index (χ0n) is 19.2. The van der Waals surface area contributed by atoms with Gasteiger partial charge in [0.25, 0.3) is 0 Å². The molecule has 5 nitrogen and oxygen atoms in total. The molecule has 1 heterocycles. The van der Waals surface area contributed by atoms with Crippen molar-refractivity contribution in [2.45, 2.75) is 13.0 Å². The third-order valence-corrected chi connectivity index (χ3v) is 6.04. The Morgan fingerprint density at radius 1 is 1.03 bits per heavy atom. The summed E-state index contributed by atoms with van der Waals surface area (Å²) in [6.45, 7) is 6.15. The summed E-state index contributed by atoms with van der Waals surface area (Å²) in [5, 5.41) is 18.5. The monoisotopic (exact) mass is 481 g/mol. The molecule has 0 bridgehead atoms.